The third kappa shape index (κ3) is 59.6. The molecule has 6 heteroatoms. The smallest absolute Gasteiger partial charge is 0.305 e. The maximum absolute atomic E-state index is 12.5. The molecule has 2 atom stereocenters. The van der Waals surface area contributed by atoms with Gasteiger partial charge in [-0.3, -0.25) is 9.59 Å². The summed E-state index contributed by atoms with van der Waals surface area (Å²) < 4.78 is 5.48. The van der Waals surface area contributed by atoms with E-state index in [2.05, 4.69) is 31.3 Å². The second-order valence-corrected chi connectivity index (χ2v) is 23.2. The number of hydrogen-bond acceptors (Lipinski definition) is 5. The second kappa shape index (κ2) is 63.9. The van der Waals surface area contributed by atoms with Crippen LogP contribution in [0.15, 0.2) is 24.3 Å². The van der Waals surface area contributed by atoms with Crippen LogP contribution in [0.3, 0.4) is 0 Å². The molecule has 0 aliphatic carbocycles. The summed E-state index contributed by atoms with van der Waals surface area (Å²) in [5.41, 5.74) is 0. The second-order valence-electron chi connectivity index (χ2n) is 23.2. The molecular formula is C68H131NO5. The first-order valence-electron chi connectivity index (χ1n) is 33.6. The zero-order chi connectivity index (χ0) is 53.6. The van der Waals surface area contributed by atoms with Crippen LogP contribution in [-0.4, -0.2) is 47.4 Å². The summed E-state index contributed by atoms with van der Waals surface area (Å²) in [4.78, 5) is 24.6. The molecule has 0 aromatic rings. The number of unbranched alkanes of at least 4 members (excludes halogenated alkanes) is 50. The molecule has 0 radical (unpaired) electrons. The first kappa shape index (κ1) is 72.3. The Labute approximate surface area is 462 Å². The Morgan fingerprint density at radius 2 is 0.635 bits per heavy atom. The Hall–Kier alpha value is -1.66. The van der Waals surface area contributed by atoms with Crippen molar-refractivity contribution >= 4 is 11.9 Å². The molecule has 74 heavy (non-hydrogen) atoms. The number of ether oxygens (including phenoxy) is 1. The maximum atomic E-state index is 12.5. The topological polar surface area (TPSA) is 95.9 Å². The number of esters is 1. The van der Waals surface area contributed by atoms with Crippen LogP contribution in [-0.2, 0) is 14.3 Å². The molecular weight excluding hydrogens is 911 g/mol. The van der Waals surface area contributed by atoms with Crippen molar-refractivity contribution in [3.8, 4) is 0 Å². The summed E-state index contributed by atoms with van der Waals surface area (Å²) in [7, 11) is 0. The molecule has 3 N–H and O–H groups in total. The Morgan fingerprint density at radius 1 is 0.365 bits per heavy atom. The molecule has 6 nitrogen and oxygen atoms in total. The highest BCUT2D eigenvalue weighted by atomic mass is 16.5. The fourth-order valence-electron chi connectivity index (χ4n) is 10.6. The fourth-order valence-corrected chi connectivity index (χ4v) is 10.6. The van der Waals surface area contributed by atoms with Crippen molar-refractivity contribution in [2.45, 2.75) is 386 Å². The summed E-state index contributed by atoms with van der Waals surface area (Å²) in [6, 6.07) is -0.629. The number of carbonyl (C=O) groups is 2. The van der Waals surface area contributed by atoms with E-state index in [1.54, 1.807) is 6.08 Å². The summed E-state index contributed by atoms with van der Waals surface area (Å²) in [5, 5.41) is 23.2. The number of allylic oxidation sites excluding steroid dienone is 3. The summed E-state index contributed by atoms with van der Waals surface area (Å²) in [6.07, 6.45) is 79.5. The van der Waals surface area contributed by atoms with Gasteiger partial charge in [0.15, 0.2) is 0 Å². The van der Waals surface area contributed by atoms with Gasteiger partial charge < -0.3 is 20.3 Å². The van der Waals surface area contributed by atoms with Crippen LogP contribution in [0.2, 0.25) is 0 Å². The van der Waals surface area contributed by atoms with Crippen molar-refractivity contribution in [3.05, 3.63) is 24.3 Å². The van der Waals surface area contributed by atoms with E-state index in [1.807, 2.05) is 6.08 Å². The quantitative estimate of drug-likeness (QED) is 0.0320. The number of amides is 1. The van der Waals surface area contributed by atoms with E-state index in [9.17, 15) is 19.8 Å². The minimum atomic E-state index is -0.846. The van der Waals surface area contributed by atoms with Gasteiger partial charge in [0.1, 0.15) is 0 Å². The maximum Gasteiger partial charge on any atom is 0.305 e. The lowest BCUT2D eigenvalue weighted by atomic mass is 10.0. The molecule has 0 spiro atoms. The zero-order valence-corrected chi connectivity index (χ0v) is 50.1. The molecule has 0 aromatic heterocycles. The molecule has 0 bridgehead atoms. The van der Waals surface area contributed by atoms with Crippen molar-refractivity contribution in [2.24, 2.45) is 0 Å². The standard InChI is InChI=1S/C68H131NO5/c1-3-5-7-9-11-13-15-17-18-19-20-21-24-27-30-33-37-40-44-48-52-56-60-66(71)65(64-70)69-67(72)61-57-53-49-45-41-38-34-31-28-25-22-23-26-29-32-35-39-43-47-51-55-59-63-74-68(73)62-58-54-50-46-42-36-16-14-12-10-8-6-4-2/h14,16,56,60,65-66,70-71H,3-13,15,17-55,57-59,61-64H2,1-2H3,(H,69,72)/b16-14-,60-56+. The molecule has 0 aromatic carbocycles. The third-order valence-electron chi connectivity index (χ3n) is 15.7. The van der Waals surface area contributed by atoms with Crippen LogP contribution in [0.1, 0.15) is 373 Å². The first-order chi connectivity index (χ1) is 36.5. The Kier molecular flexibility index (Phi) is 62.4. The summed E-state index contributed by atoms with van der Waals surface area (Å²) in [6.45, 7) is 4.92. The predicted octanol–water partition coefficient (Wildman–Crippen LogP) is 21.4. The van der Waals surface area contributed by atoms with E-state index >= 15 is 0 Å². The van der Waals surface area contributed by atoms with Crippen LogP contribution in [0.4, 0.5) is 0 Å². The highest BCUT2D eigenvalue weighted by Gasteiger charge is 2.18. The predicted molar refractivity (Wildman–Crippen MR) is 324 cm³/mol. The highest BCUT2D eigenvalue weighted by Crippen LogP contribution is 2.18. The molecule has 0 saturated heterocycles. The van der Waals surface area contributed by atoms with Gasteiger partial charge in [0.2, 0.25) is 5.91 Å². The van der Waals surface area contributed by atoms with Crippen LogP contribution in [0, 0.1) is 0 Å². The Balaban J connectivity index is 3.41. The summed E-state index contributed by atoms with van der Waals surface area (Å²) >= 11 is 0. The number of nitrogens with one attached hydrogen (secondary N) is 1. The minimum Gasteiger partial charge on any atom is -0.466 e. The lowest BCUT2D eigenvalue weighted by molar-refractivity contribution is -0.143. The van der Waals surface area contributed by atoms with Crippen LogP contribution in [0.25, 0.3) is 0 Å². The molecule has 0 aliphatic rings. The van der Waals surface area contributed by atoms with E-state index in [0.717, 1.165) is 44.9 Å². The molecule has 0 aliphatic heterocycles. The Morgan fingerprint density at radius 3 is 0.973 bits per heavy atom. The van der Waals surface area contributed by atoms with E-state index in [4.69, 9.17) is 4.74 Å². The van der Waals surface area contributed by atoms with Crippen LogP contribution in [0.5, 0.6) is 0 Å². The van der Waals surface area contributed by atoms with Crippen molar-refractivity contribution < 1.29 is 24.5 Å². The number of aliphatic hydroxyl groups is 2. The zero-order valence-electron chi connectivity index (χ0n) is 50.1. The molecule has 438 valence electrons. The van der Waals surface area contributed by atoms with Gasteiger partial charge in [-0.1, -0.05) is 327 Å². The number of aliphatic hydroxyl groups excluding tert-OH is 2. The van der Waals surface area contributed by atoms with Crippen LogP contribution < -0.4 is 5.32 Å². The van der Waals surface area contributed by atoms with E-state index in [-0.39, 0.29) is 18.5 Å². The van der Waals surface area contributed by atoms with E-state index < -0.39 is 12.1 Å². The number of hydrogen-bond donors (Lipinski definition) is 3. The lowest BCUT2D eigenvalue weighted by Gasteiger charge is -2.20. The SMILES string of the molecule is CCCCCC/C=C\CCCCCCCC(=O)OCCCCCCCCCCCCCCCCCCCCCCCCC(=O)NC(CO)C(O)/C=C/CCCCCCCCCCCCCCCCCCCCCC. The first-order valence-corrected chi connectivity index (χ1v) is 33.6. The number of rotatable bonds is 63. The molecule has 0 heterocycles. The third-order valence-corrected chi connectivity index (χ3v) is 15.7. The summed E-state index contributed by atoms with van der Waals surface area (Å²) in [5.74, 6) is -0.0603. The average Bonchev–Trinajstić information content (AvgIpc) is 3.40. The van der Waals surface area contributed by atoms with Crippen molar-refractivity contribution in [1.29, 1.82) is 0 Å². The lowest BCUT2D eigenvalue weighted by Crippen LogP contribution is -2.45. The van der Waals surface area contributed by atoms with Gasteiger partial charge in [-0.15, -0.1) is 0 Å². The van der Waals surface area contributed by atoms with Gasteiger partial charge >= 0.3 is 5.97 Å². The Bertz CT molecular complexity index is 1150. The monoisotopic (exact) mass is 1040 g/mol. The van der Waals surface area contributed by atoms with E-state index in [0.29, 0.717) is 19.4 Å². The van der Waals surface area contributed by atoms with Crippen molar-refractivity contribution in [3.63, 3.8) is 0 Å². The minimum absolute atomic E-state index is 0.00409. The molecule has 0 saturated carbocycles. The van der Waals surface area contributed by atoms with E-state index in [1.165, 1.54) is 302 Å². The van der Waals surface area contributed by atoms with Crippen molar-refractivity contribution in [1.82, 2.24) is 5.32 Å². The normalized spacial score (nSPS) is 12.6. The average molecular weight is 1040 g/mol. The molecule has 2 unspecified atom stereocenters. The van der Waals surface area contributed by atoms with Gasteiger partial charge in [0.05, 0.1) is 25.4 Å². The van der Waals surface area contributed by atoms with Crippen LogP contribution >= 0.6 is 0 Å². The number of carbonyl (C=O) groups excluding carboxylic acids is 2. The fraction of sp³-hybridized carbons (Fsp3) is 0.912. The largest absolute Gasteiger partial charge is 0.466 e. The molecule has 1 amide bonds. The van der Waals surface area contributed by atoms with Gasteiger partial charge in [0.25, 0.3) is 0 Å². The van der Waals surface area contributed by atoms with Gasteiger partial charge in [0, 0.05) is 12.8 Å². The molecule has 0 rings (SSSR count). The van der Waals surface area contributed by atoms with Crippen molar-refractivity contribution in [2.75, 3.05) is 13.2 Å². The van der Waals surface area contributed by atoms with Gasteiger partial charge in [-0.2, -0.15) is 0 Å². The van der Waals surface area contributed by atoms with Gasteiger partial charge in [-0.25, -0.2) is 0 Å². The van der Waals surface area contributed by atoms with Gasteiger partial charge in [-0.05, 0) is 57.8 Å². The highest BCUT2D eigenvalue weighted by molar-refractivity contribution is 5.76. The molecule has 0 fully saturated rings.